The first-order valence-corrected chi connectivity index (χ1v) is 7.34. The van der Waals surface area contributed by atoms with Crippen molar-refractivity contribution in [2.24, 2.45) is 0 Å². The van der Waals surface area contributed by atoms with E-state index < -0.39 is 5.82 Å². The van der Waals surface area contributed by atoms with Crippen molar-refractivity contribution in [2.75, 3.05) is 39.8 Å². The first-order chi connectivity index (χ1) is 10.0. The molecule has 0 aromatic heterocycles. The van der Waals surface area contributed by atoms with Gasteiger partial charge in [0, 0.05) is 30.7 Å². The Morgan fingerprint density at radius 2 is 1.95 bits per heavy atom. The standard InChI is InChI=1S/C14H16BrFN2O3/c1-21-12(19)9-17-5-7-18(8-6-17)14(20)13-10(15)3-2-4-11(13)16/h2-4H,5-9H2,1H3. The number of hydrogen-bond donors (Lipinski definition) is 0. The summed E-state index contributed by atoms with van der Waals surface area (Å²) in [6.45, 7) is 2.24. The van der Waals surface area contributed by atoms with Gasteiger partial charge in [-0.25, -0.2) is 4.39 Å². The molecule has 1 amide bonds. The van der Waals surface area contributed by atoms with Gasteiger partial charge in [-0.3, -0.25) is 14.5 Å². The Kier molecular flexibility index (Phi) is 5.30. The summed E-state index contributed by atoms with van der Waals surface area (Å²) in [6, 6.07) is 4.46. The van der Waals surface area contributed by atoms with Crippen LogP contribution in [0, 0.1) is 5.82 Å². The van der Waals surface area contributed by atoms with Crippen LogP contribution in [-0.4, -0.2) is 61.5 Å². The van der Waals surface area contributed by atoms with Crippen molar-refractivity contribution >= 4 is 27.8 Å². The summed E-state index contributed by atoms with van der Waals surface area (Å²) in [5.74, 6) is -1.17. The molecule has 114 valence electrons. The number of hydrogen-bond acceptors (Lipinski definition) is 4. The van der Waals surface area contributed by atoms with Gasteiger partial charge in [-0.15, -0.1) is 0 Å². The van der Waals surface area contributed by atoms with E-state index in [1.54, 1.807) is 17.0 Å². The molecular weight excluding hydrogens is 343 g/mol. The van der Waals surface area contributed by atoms with Crippen molar-refractivity contribution in [2.45, 2.75) is 0 Å². The highest BCUT2D eigenvalue weighted by atomic mass is 79.9. The summed E-state index contributed by atoms with van der Waals surface area (Å²) in [7, 11) is 1.35. The quantitative estimate of drug-likeness (QED) is 0.768. The molecule has 1 aliphatic rings. The molecule has 1 aromatic rings. The summed E-state index contributed by atoms with van der Waals surface area (Å²) in [5.41, 5.74) is 0.0546. The maximum Gasteiger partial charge on any atom is 0.319 e. The topological polar surface area (TPSA) is 49.9 Å². The van der Waals surface area contributed by atoms with E-state index in [4.69, 9.17) is 0 Å². The average Bonchev–Trinajstić information content (AvgIpc) is 2.47. The van der Waals surface area contributed by atoms with E-state index in [0.29, 0.717) is 30.7 Å². The van der Waals surface area contributed by atoms with E-state index in [1.165, 1.54) is 13.2 Å². The smallest absolute Gasteiger partial charge is 0.319 e. The third kappa shape index (κ3) is 3.79. The van der Waals surface area contributed by atoms with Crippen molar-refractivity contribution in [1.29, 1.82) is 0 Å². The molecule has 0 bridgehead atoms. The fourth-order valence-electron chi connectivity index (χ4n) is 2.22. The van der Waals surface area contributed by atoms with Crippen molar-refractivity contribution in [3.8, 4) is 0 Å². The van der Waals surface area contributed by atoms with Crippen LogP contribution in [0.25, 0.3) is 0 Å². The molecule has 1 aliphatic heterocycles. The Labute approximate surface area is 130 Å². The van der Waals surface area contributed by atoms with Gasteiger partial charge in [0.05, 0.1) is 19.2 Å². The van der Waals surface area contributed by atoms with Gasteiger partial charge in [0.15, 0.2) is 0 Å². The fourth-order valence-corrected chi connectivity index (χ4v) is 2.73. The number of benzene rings is 1. The lowest BCUT2D eigenvalue weighted by Crippen LogP contribution is -2.50. The van der Waals surface area contributed by atoms with Gasteiger partial charge in [-0.1, -0.05) is 6.07 Å². The molecule has 0 atom stereocenters. The van der Waals surface area contributed by atoms with Crippen LogP contribution in [0.4, 0.5) is 4.39 Å². The summed E-state index contributed by atoms with van der Waals surface area (Å²) in [6.07, 6.45) is 0. The number of carbonyl (C=O) groups is 2. The minimum Gasteiger partial charge on any atom is -0.468 e. The van der Waals surface area contributed by atoms with Crippen molar-refractivity contribution in [3.63, 3.8) is 0 Å². The number of halogens is 2. The van der Waals surface area contributed by atoms with Gasteiger partial charge >= 0.3 is 5.97 Å². The molecule has 1 saturated heterocycles. The summed E-state index contributed by atoms with van der Waals surface area (Å²) in [4.78, 5) is 27.1. The highest BCUT2D eigenvalue weighted by Gasteiger charge is 2.26. The molecule has 0 unspecified atom stereocenters. The van der Waals surface area contributed by atoms with Crippen LogP contribution in [0.15, 0.2) is 22.7 Å². The van der Waals surface area contributed by atoms with E-state index in [0.717, 1.165) is 0 Å². The largest absolute Gasteiger partial charge is 0.468 e. The van der Waals surface area contributed by atoms with Gasteiger partial charge in [-0.2, -0.15) is 0 Å². The predicted molar refractivity (Wildman–Crippen MR) is 78.5 cm³/mol. The lowest BCUT2D eigenvalue weighted by Gasteiger charge is -2.34. The first kappa shape index (κ1) is 15.9. The Morgan fingerprint density at radius 3 is 2.52 bits per heavy atom. The molecular formula is C14H16BrFN2O3. The number of nitrogens with zero attached hydrogens (tertiary/aromatic N) is 2. The molecule has 1 fully saturated rings. The third-order valence-electron chi connectivity index (χ3n) is 3.42. The highest BCUT2D eigenvalue weighted by Crippen LogP contribution is 2.22. The van der Waals surface area contributed by atoms with Crippen LogP contribution in [0.2, 0.25) is 0 Å². The monoisotopic (exact) mass is 358 g/mol. The van der Waals surface area contributed by atoms with E-state index in [2.05, 4.69) is 20.7 Å². The lowest BCUT2D eigenvalue weighted by molar-refractivity contribution is -0.142. The van der Waals surface area contributed by atoms with Crippen molar-refractivity contribution in [3.05, 3.63) is 34.1 Å². The molecule has 0 saturated carbocycles. The van der Waals surface area contributed by atoms with Crippen LogP contribution in [0.3, 0.4) is 0 Å². The summed E-state index contributed by atoms with van der Waals surface area (Å²) >= 11 is 3.21. The predicted octanol–water partition coefficient (Wildman–Crippen LogP) is 1.52. The molecule has 0 aliphatic carbocycles. The van der Waals surface area contributed by atoms with Crippen LogP contribution in [0.1, 0.15) is 10.4 Å². The molecule has 1 heterocycles. The minimum atomic E-state index is -0.536. The van der Waals surface area contributed by atoms with Gasteiger partial charge in [0.1, 0.15) is 5.82 Å². The Bertz CT molecular complexity index is 525. The van der Waals surface area contributed by atoms with Crippen LogP contribution < -0.4 is 0 Å². The van der Waals surface area contributed by atoms with Gasteiger partial charge < -0.3 is 9.64 Å². The molecule has 0 N–H and O–H groups in total. The maximum atomic E-state index is 13.8. The SMILES string of the molecule is COC(=O)CN1CCN(C(=O)c2c(F)cccc2Br)CC1. The fraction of sp³-hybridized carbons (Fsp3) is 0.429. The number of carbonyl (C=O) groups excluding carboxylic acids is 2. The highest BCUT2D eigenvalue weighted by molar-refractivity contribution is 9.10. The van der Waals surface area contributed by atoms with E-state index in [1.807, 2.05) is 4.90 Å². The zero-order chi connectivity index (χ0) is 15.4. The zero-order valence-electron chi connectivity index (χ0n) is 11.6. The third-order valence-corrected chi connectivity index (χ3v) is 4.08. The zero-order valence-corrected chi connectivity index (χ0v) is 13.2. The maximum absolute atomic E-state index is 13.8. The van der Waals surface area contributed by atoms with Gasteiger partial charge in [0.25, 0.3) is 5.91 Å². The van der Waals surface area contributed by atoms with E-state index >= 15 is 0 Å². The Morgan fingerprint density at radius 1 is 1.29 bits per heavy atom. The molecule has 1 aromatic carbocycles. The number of ether oxygens (including phenoxy) is 1. The number of esters is 1. The van der Waals surface area contributed by atoms with E-state index in [9.17, 15) is 14.0 Å². The molecule has 0 radical (unpaired) electrons. The molecule has 2 rings (SSSR count). The first-order valence-electron chi connectivity index (χ1n) is 6.55. The van der Waals surface area contributed by atoms with Crippen LogP contribution in [0.5, 0.6) is 0 Å². The van der Waals surface area contributed by atoms with Crippen LogP contribution in [-0.2, 0) is 9.53 Å². The normalized spacial score (nSPS) is 15.9. The van der Waals surface area contributed by atoms with Crippen molar-refractivity contribution in [1.82, 2.24) is 9.80 Å². The Hall–Kier alpha value is -1.47. The van der Waals surface area contributed by atoms with E-state index in [-0.39, 0.29) is 24.0 Å². The second-order valence-corrected chi connectivity index (χ2v) is 5.60. The lowest BCUT2D eigenvalue weighted by atomic mass is 10.1. The molecule has 0 spiro atoms. The summed E-state index contributed by atoms with van der Waals surface area (Å²) in [5, 5.41) is 0. The van der Waals surface area contributed by atoms with Crippen molar-refractivity contribution < 1.29 is 18.7 Å². The second kappa shape index (κ2) is 7.00. The Balaban J connectivity index is 1.99. The minimum absolute atomic E-state index is 0.0546. The summed E-state index contributed by atoms with van der Waals surface area (Å²) < 4.78 is 18.9. The second-order valence-electron chi connectivity index (χ2n) is 4.74. The number of piperazine rings is 1. The number of rotatable bonds is 3. The van der Waals surface area contributed by atoms with Gasteiger partial charge in [-0.05, 0) is 28.1 Å². The molecule has 5 nitrogen and oxygen atoms in total. The van der Waals surface area contributed by atoms with Gasteiger partial charge in [0.2, 0.25) is 0 Å². The molecule has 21 heavy (non-hydrogen) atoms. The number of methoxy groups -OCH3 is 1. The molecule has 7 heteroatoms. The number of amides is 1. The average molecular weight is 359 g/mol. The van der Waals surface area contributed by atoms with Crippen LogP contribution >= 0.6 is 15.9 Å².